The summed E-state index contributed by atoms with van der Waals surface area (Å²) in [5.41, 5.74) is 0. The molecule has 0 aromatic rings. The van der Waals surface area contributed by atoms with Crippen LogP contribution >= 0.6 is 10.8 Å². The maximum Gasteiger partial charge on any atom is 0.0418 e. The minimum Gasteiger partial charge on any atom is -0.286 e. The van der Waals surface area contributed by atoms with Crippen LogP contribution in [0, 0.1) is 0 Å². The van der Waals surface area contributed by atoms with E-state index in [-0.39, 0.29) is 0 Å². The molecule has 0 amide bonds. The molecule has 0 radical (unpaired) electrons. The van der Waals surface area contributed by atoms with Crippen LogP contribution in [-0.2, 0) is 0 Å². The van der Waals surface area contributed by atoms with Crippen LogP contribution in [0.5, 0.6) is 0 Å². The van der Waals surface area contributed by atoms with Gasteiger partial charge in [-0.1, -0.05) is 20.8 Å². The van der Waals surface area contributed by atoms with Gasteiger partial charge < -0.3 is 0 Å². The summed E-state index contributed by atoms with van der Waals surface area (Å²) in [6.07, 6.45) is 2.38. The van der Waals surface area contributed by atoms with E-state index >= 15 is 0 Å². The van der Waals surface area contributed by atoms with Gasteiger partial charge in [-0.15, -0.1) is 10.8 Å². The first kappa shape index (κ1) is 13.8. The number of hydrogen-bond acceptors (Lipinski definition) is 3. The molecule has 4 heteroatoms. The van der Waals surface area contributed by atoms with Crippen LogP contribution in [-0.4, -0.2) is 33.3 Å². The zero-order valence-electron chi connectivity index (χ0n) is 8.16. The summed E-state index contributed by atoms with van der Waals surface area (Å²) in [5, 5.41) is 0. The topological polar surface area (TPSA) is 43.7 Å². The van der Waals surface area contributed by atoms with E-state index in [9.17, 15) is 0 Å². The zero-order chi connectivity index (χ0) is 9.49. The Morgan fingerprint density at radius 2 is 1.64 bits per heavy atom. The molecular formula is C7H21NO2S. The highest BCUT2D eigenvalue weighted by atomic mass is 32.3. The lowest BCUT2D eigenvalue weighted by Crippen LogP contribution is -2.22. The minimum atomic E-state index is -2.43. The lowest BCUT2D eigenvalue weighted by molar-refractivity contribution is 0.390. The van der Waals surface area contributed by atoms with Crippen LogP contribution in [0.15, 0.2) is 0 Å². The van der Waals surface area contributed by atoms with Crippen LogP contribution in [0.25, 0.3) is 0 Å². The van der Waals surface area contributed by atoms with E-state index in [0.717, 1.165) is 13.0 Å². The van der Waals surface area contributed by atoms with Crippen LogP contribution in [0.2, 0.25) is 0 Å². The fraction of sp³-hybridized carbons (Fsp3) is 1.00. The van der Waals surface area contributed by atoms with Gasteiger partial charge in [0.1, 0.15) is 0 Å². The quantitative estimate of drug-likeness (QED) is 0.707. The Bertz CT molecular complexity index is 83.0. The third-order valence-electron chi connectivity index (χ3n) is 1.13. The van der Waals surface area contributed by atoms with Crippen molar-refractivity contribution in [2.75, 3.05) is 19.8 Å². The summed E-state index contributed by atoms with van der Waals surface area (Å²) in [4.78, 5) is 0. The fourth-order valence-corrected chi connectivity index (χ4v) is 1.02. The van der Waals surface area contributed by atoms with Crippen molar-refractivity contribution in [3.63, 3.8) is 0 Å². The standard InChI is InChI=1S/C5H15NO2S.C2H6/c1-4-5-6(2)9(3,7)8;1-2/h7-8H,4-5H2,1-3H3;1-2H3. The average molecular weight is 183 g/mol. The van der Waals surface area contributed by atoms with E-state index in [1.807, 2.05) is 20.8 Å². The van der Waals surface area contributed by atoms with Crippen molar-refractivity contribution in [1.82, 2.24) is 4.31 Å². The third kappa shape index (κ3) is 8.13. The molecule has 11 heavy (non-hydrogen) atoms. The highest BCUT2D eigenvalue weighted by molar-refractivity contribution is 8.21. The Hall–Kier alpha value is 0.230. The van der Waals surface area contributed by atoms with Crippen LogP contribution in [0.1, 0.15) is 27.2 Å². The van der Waals surface area contributed by atoms with Gasteiger partial charge in [-0.2, -0.15) is 0 Å². The second kappa shape index (κ2) is 6.91. The van der Waals surface area contributed by atoms with Gasteiger partial charge in [-0.25, -0.2) is 4.31 Å². The molecule has 0 aliphatic carbocycles. The average Bonchev–Trinajstić information content (AvgIpc) is 1.91. The zero-order valence-corrected chi connectivity index (χ0v) is 8.98. The molecule has 0 spiro atoms. The van der Waals surface area contributed by atoms with Crippen molar-refractivity contribution >= 4 is 10.8 Å². The summed E-state index contributed by atoms with van der Waals surface area (Å²) in [6.45, 7) is 6.74. The van der Waals surface area contributed by atoms with Gasteiger partial charge >= 0.3 is 0 Å². The van der Waals surface area contributed by atoms with Crippen molar-refractivity contribution in [3.8, 4) is 0 Å². The Kier molecular flexibility index (Phi) is 8.67. The summed E-state index contributed by atoms with van der Waals surface area (Å²) >= 11 is 0. The maximum atomic E-state index is 8.98. The van der Waals surface area contributed by atoms with Crippen molar-refractivity contribution in [2.45, 2.75) is 27.2 Å². The van der Waals surface area contributed by atoms with Crippen molar-refractivity contribution in [1.29, 1.82) is 0 Å². The second-order valence-electron chi connectivity index (χ2n) is 2.14. The smallest absolute Gasteiger partial charge is 0.0418 e. The molecule has 0 fully saturated rings. The summed E-state index contributed by atoms with van der Waals surface area (Å²) in [6, 6.07) is 0. The van der Waals surface area contributed by atoms with Gasteiger partial charge in [-0.3, -0.25) is 9.11 Å². The van der Waals surface area contributed by atoms with Crippen molar-refractivity contribution in [2.24, 2.45) is 0 Å². The third-order valence-corrected chi connectivity index (χ3v) is 2.49. The lowest BCUT2D eigenvalue weighted by Gasteiger charge is -2.36. The molecule has 0 aliphatic rings. The Morgan fingerprint density at radius 3 is 1.73 bits per heavy atom. The van der Waals surface area contributed by atoms with Crippen molar-refractivity contribution < 1.29 is 9.11 Å². The van der Waals surface area contributed by atoms with Gasteiger partial charge in [0.05, 0.1) is 0 Å². The number of nitrogens with zero attached hydrogens (tertiary/aromatic N) is 1. The molecule has 0 heterocycles. The van der Waals surface area contributed by atoms with Crippen LogP contribution in [0.3, 0.4) is 0 Å². The Labute approximate surface area is 71.9 Å². The Balaban J connectivity index is 0. The van der Waals surface area contributed by atoms with E-state index in [4.69, 9.17) is 9.11 Å². The molecule has 0 aromatic heterocycles. The van der Waals surface area contributed by atoms with Crippen LogP contribution < -0.4 is 0 Å². The predicted octanol–water partition coefficient (Wildman–Crippen LogP) is 2.65. The molecule has 72 valence electrons. The molecule has 0 rings (SSSR count). The summed E-state index contributed by atoms with van der Waals surface area (Å²) in [5.74, 6) is 0. The number of rotatable bonds is 3. The fourth-order valence-electron chi connectivity index (χ4n) is 0.488. The first-order valence-corrected chi connectivity index (χ1v) is 5.84. The monoisotopic (exact) mass is 183 g/mol. The van der Waals surface area contributed by atoms with Gasteiger partial charge in [0, 0.05) is 19.8 Å². The normalized spacial score (nSPS) is 12.4. The first-order valence-electron chi connectivity index (χ1n) is 3.93. The summed E-state index contributed by atoms with van der Waals surface area (Å²) in [7, 11) is -0.724. The van der Waals surface area contributed by atoms with Gasteiger partial charge in [0.15, 0.2) is 0 Å². The molecule has 3 nitrogen and oxygen atoms in total. The van der Waals surface area contributed by atoms with E-state index in [0.29, 0.717) is 0 Å². The molecular weight excluding hydrogens is 162 g/mol. The highest BCUT2D eigenvalue weighted by Crippen LogP contribution is 2.36. The van der Waals surface area contributed by atoms with E-state index in [1.54, 1.807) is 11.4 Å². The van der Waals surface area contributed by atoms with E-state index < -0.39 is 10.8 Å². The first-order chi connectivity index (χ1) is 4.98. The SMILES string of the molecule is CC.CCCN(C)S(C)(O)O. The molecule has 0 atom stereocenters. The molecule has 0 aliphatic heterocycles. The Morgan fingerprint density at radius 1 is 1.27 bits per heavy atom. The van der Waals surface area contributed by atoms with E-state index in [1.165, 1.54) is 6.26 Å². The molecule has 0 aromatic carbocycles. The van der Waals surface area contributed by atoms with Crippen molar-refractivity contribution in [3.05, 3.63) is 0 Å². The molecule has 0 saturated carbocycles. The highest BCUT2D eigenvalue weighted by Gasteiger charge is 2.09. The largest absolute Gasteiger partial charge is 0.286 e. The minimum absolute atomic E-state index is 0.735. The molecule has 0 bridgehead atoms. The molecule has 0 saturated heterocycles. The lowest BCUT2D eigenvalue weighted by atomic mass is 10.5. The maximum absolute atomic E-state index is 8.98. The van der Waals surface area contributed by atoms with Gasteiger partial charge in [-0.05, 0) is 6.42 Å². The summed E-state index contributed by atoms with van der Waals surface area (Å²) < 4.78 is 19.5. The van der Waals surface area contributed by atoms with Crippen LogP contribution in [0.4, 0.5) is 0 Å². The molecule has 2 N–H and O–H groups in total. The predicted molar refractivity (Wildman–Crippen MR) is 53.0 cm³/mol. The second-order valence-corrected chi connectivity index (χ2v) is 4.35. The van der Waals surface area contributed by atoms with Gasteiger partial charge in [0.2, 0.25) is 0 Å². The number of hydrogen-bond donors (Lipinski definition) is 2. The molecule has 0 unspecified atom stereocenters. The van der Waals surface area contributed by atoms with E-state index in [2.05, 4.69) is 0 Å². The van der Waals surface area contributed by atoms with Gasteiger partial charge in [0.25, 0.3) is 0 Å².